The molecule has 0 amide bonds. The highest BCUT2D eigenvalue weighted by atomic mass is 16.9. The minimum Gasteiger partial charge on any atom is -0.465 e. The fraction of sp³-hybridized carbons (Fsp3) is 0.818. The molecule has 168 valence electrons. The second-order valence-corrected chi connectivity index (χ2v) is 9.92. The van der Waals surface area contributed by atoms with Crippen molar-refractivity contribution in [3.63, 3.8) is 0 Å². The van der Waals surface area contributed by atoms with Gasteiger partial charge in [-0.1, -0.05) is 26.8 Å². The summed E-state index contributed by atoms with van der Waals surface area (Å²) >= 11 is 0. The molecule has 0 radical (unpaired) electrons. The summed E-state index contributed by atoms with van der Waals surface area (Å²) in [5, 5.41) is 21.9. The number of carbonyl (C=O) groups is 2. The topological polar surface area (TPSA) is 115 Å². The number of carbonyl (C=O) groups excluding carboxylic acids is 2. The van der Waals surface area contributed by atoms with E-state index in [9.17, 15) is 19.8 Å². The second-order valence-electron chi connectivity index (χ2n) is 9.92. The van der Waals surface area contributed by atoms with E-state index in [1.807, 2.05) is 33.8 Å². The number of rotatable bonds is 5. The lowest BCUT2D eigenvalue weighted by Crippen LogP contribution is -2.67. The summed E-state index contributed by atoms with van der Waals surface area (Å²) in [5.74, 6) is -0.584. The average molecular weight is 446 g/mol. The molecule has 2 bridgehead atoms. The van der Waals surface area contributed by atoms with Gasteiger partial charge in [-0.05, 0) is 18.4 Å². The molecule has 8 atom stereocenters. The number of fused-ring (bicyclic) bond motifs is 2. The van der Waals surface area contributed by atoms with Gasteiger partial charge in [0.25, 0.3) is 0 Å². The molecule has 2 N–H and O–H groups in total. The van der Waals surface area contributed by atoms with Crippen LogP contribution in [0, 0.1) is 16.7 Å². The Morgan fingerprint density at radius 3 is 2.57 bits per heavy atom. The normalized spacial score (nSPS) is 46.4. The van der Waals surface area contributed by atoms with Crippen LogP contribution in [-0.2, 0) is 28.5 Å². The molecule has 2 heterocycles. The number of aliphatic hydroxyl groups excluding tert-OH is 2. The summed E-state index contributed by atoms with van der Waals surface area (Å²) in [6, 6.07) is 0. The largest absolute Gasteiger partial charge is 0.465 e. The first kappa shape index (κ1) is 21.7. The molecular weight excluding hydrogens is 414 g/mol. The molecule has 2 saturated heterocycles. The predicted molar refractivity (Wildman–Crippen MR) is 104 cm³/mol. The molecular formula is C22H32O8. The van der Waals surface area contributed by atoms with Crippen molar-refractivity contribution in [2.75, 3.05) is 13.2 Å². The van der Waals surface area contributed by atoms with Crippen molar-refractivity contribution in [2.24, 2.45) is 16.7 Å². The van der Waals surface area contributed by atoms with Gasteiger partial charge in [0.15, 0.2) is 0 Å². The van der Waals surface area contributed by atoms with Crippen molar-refractivity contribution in [3.8, 4) is 0 Å². The van der Waals surface area contributed by atoms with Gasteiger partial charge < -0.3 is 29.2 Å². The van der Waals surface area contributed by atoms with E-state index in [0.717, 1.165) is 5.57 Å². The molecule has 0 aromatic heterocycles. The van der Waals surface area contributed by atoms with Crippen LogP contribution >= 0.6 is 0 Å². The number of epoxide rings is 1. The van der Waals surface area contributed by atoms with Crippen molar-refractivity contribution in [2.45, 2.75) is 83.6 Å². The zero-order valence-corrected chi connectivity index (χ0v) is 18.2. The molecule has 1 spiro atoms. The maximum Gasteiger partial charge on any atom is 0.306 e. The lowest BCUT2D eigenvalue weighted by molar-refractivity contribution is -0.239. The van der Waals surface area contributed by atoms with Crippen molar-refractivity contribution in [1.29, 1.82) is 0 Å². The second kappa shape index (κ2) is 7.02. The summed E-state index contributed by atoms with van der Waals surface area (Å²) in [7, 11) is 0. The average Bonchev–Trinajstić information content (AvgIpc) is 3.43. The van der Waals surface area contributed by atoms with E-state index >= 15 is 0 Å². The molecule has 30 heavy (non-hydrogen) atoms. The summed E-state index contributed by atoms with van der Waals surface area (Å²) in [4.78, 5) is 24.1. The van der Waals surface area contributed by atoms with Gasteiger partial charge in [-0.25, -0.2) is 0 Å². The van der Waals surface area contributed by atoms with Crippen molar-refractivity contribution in [3.05, 3.63) is 11.6 Å². The number of ether oxygens (including phenoxy) is 4. The van der Waals surface area contributed by atoms with E-state index in [2.05, 4.69) is 0 Å². The molecule has 2 aliphatic heterocycles. The SMILES string of the molecule is [13CH3][13C](=O)O[13CH2][13C@]12[13CH2][13C@H](O[13C](=O)[13CH2][13CH]([13CH3])[13CH3])[13C]([13CH3])=[13CH][13C@H]1O[13C@@H]1[13C@H](O)[13C@@H](O)[13C]2([13CH3])[13C]12[13CH2]O2. The zero-order valence-electron chi connectivity index (χ0n) is 18.2. The van der Waals surface area contributed by atoms with Crippen LogP contribution in [0.1, 0.15) is 47.5 Å². The monoisotopic (exact) mass is 446 g/mol. The number of esters is 2. The Balaban J connectivity index is 1.75. The summed E-state index contributed by atoms with van der Waals surface area (Å²) in [5.41, 5.74) is -1.89. The lowest BCUT2D eigenvalue weighted by Gasteiger charge is -2.58. The van der Waals surface area contributed by atoms with Gasteiger partial charge in [-0.2, -0.15) is 0 Å². The van der Waals surface area contributed by atoms with Crippen LogP contribution in [0.4, 0.5) is 0 Å². The van der Waals surface area contributed by atoms with Crippen molar-refractivity contribution in [1.82, 2.24) is 0 Å². The summed E-state index contributed by atoms with van der Waals surface area (Å²) in [6.45, 7) is 9.28. The van der Waals surface area contributed by atoms with Crippen LogP contribution in [0.5, 0.6) is 0 Å². The Labute approximate surface area is 176 Å². The molecule has 4 rings (SSSR count). The Morgan fingerprint density at radius 2 is 2.00 bits per heavy atom. The molecule has 8 nitrogen and oxygen atoms in total. The molecule has 0 aromatic rings. The van der Waals surface area contributed by atoms with E-state index in [-0.39, 0.29) is 18.5 Å². The molecule has 8 heteroatoms. The first-order valence-corrected chi connectivity index (χ1v) is 10.7. The van der Waals surface area contributed by atoms with E-state index in [4.69, 9.17) is 18.9 Å². The Morgan fingerprint density at radius 1 is 1.33 bits per heavy atom. The number of hydrogen-bond donors (Lipinski definition) is 2. The van der Waals surface area contributed by atoms with Crippen LogP contribution in [-0.4, -0.2) is 71.5 Å². The maximum absolute atomic E-state index is 12.4. The highest BCUT2D eigenvalue weighted by molar-refractivity contribution is 5.70. The van der Waals surface area contributed by atoms with Gasteiger partial charge >= 0.3 is 11.9 Å². The maximum atomic E-state index is 12.4. The minimum absolute atomic E-state index is 0.0346. The van der Waals surface area contributed by atoms with E-state index in [0.29, 0.717) is 19.4 Å². The quantitative estimate of drug-likeness (QED) is 0.280. The number of aliphatic hydroxyl groups is 2. The van der Waals surface area contributed by atoms with Crippen LogP contribution < -0.4 is 0 Å². The van der Waals surface area contributed by atoms with Crippen LogP contribution in [0.2, 0.25) is 0 Å². The highest BCUT2D eigenvalue weighted by Gasteiger charge is 2.85. The molecule has 2 aliphatic carbocycles. The van der Waals surface area contributed by atoms with Gasteiger partial charge in [-0.3, -0.25) is 9.59 Å². The van der Waals surface area contributed by atoms with Gasteiger partial charge in [0.1, 0.15) is 30.5 Å². The number of hydrogen-bond acceptors (Lipinski definition) is 8. The fourth-order valence-corrected chi connectivity index (χ4v) is 5.92. The van der Waals surface area contributed by atoms with Gasteiger partial charge in [0.05, 0.1) is 18.8 Å². The fourth-order valence-electron chi connectivity index (χ4n) is 5.92. The molecule has 0 aromatic carbocycles. The third-order valence-electron chi connectivity index (χ3n) is 7.74. The minimum atomic E-state index is -1.13. The first-order chi connectivity index (χ1) is 14.0. The Kier molecular flexibility index (Phi) is 5.09. The predicted octanol–water partition coefficient (Wildman–Crippen LogP) is 1.12. The lowest BCUT2D eigenvalue weighted by atomic mass is 10.5. The van der Waals surface area contributed by atoms with Crippen LogP contribution in [0.3, 0.4) is 0 Å². The third kappa shape index (κ3) is 2.80. The van der Waals surface area contributed by atoms with Gasteiger partial charge in [0.2, 0.25) is 0 Å². The van der Waals surface area contributed by atoms with E-state index in [1.54, 1.807) is 0 Å². The molecule has 2 unspecified atom stereocenters. The smallest absolute Gasteiger partial charge is 0.306 e. The zero-order chi connectivity index (χ0) is 22.1. The Bertz CT molecular complexity index is 771. The molecule has 3 fully saturated rings. The highest BCUT2D eigenvalue weighted by Crippen LogP contribution is 2.71. The van der Waals surface area contributed by atoms with Crippen molar-refractivity contribution >= 4 is 11.9 Å². The Hall–Kier alpha value is -1.48. The van der Waals surface area contributed by atoms with Gasteiger partial charge in [-0.15, -0.1) is 0 Å². The molecule has 1 saturated carbocycles. The van der Waals surface area contributed by atoms with Gasteiger partial charge in [0, 0.05) is 30.6 Å². The summed E-state index contributed by atoms with van der Waals surface area (Å²) < 4.78 is 23.4. The van der Waals surface area contributed by atoms with E-state index < -0.39 is 52.9 Å². The van der Waals surface area contributed by atoms with Crippen LogP contribution in [0.15, 0.2) is 11.6 Å². The van der Waals surface area contributed by atoms with Crippen LogP contribution in [0.25, 0.3) is 0 Å². The first-order valence-electron chi connectivity index (χ1n) is 10.7. The standard InChI is InChI=1S/C22H32O8/c1-11(2)6-16(24)29-14-8-21(9-27-13(4)23)15(7-12(14)3)30-19-17(25)18(26)20(21,5)22(19)10-28-22/h7,11,14-15,17-19,25-26H,6,8-10H2,1-5H3/t14-,15+,17+,18+,19+,20?,21+,22?/m0/s1/i1+1,2+1,3+1,4+1,5+1,6+1,7+1,8+1,9+1,10+1,11+1,12+1,13+1,14+1,15+1,16+1,17+1,18+1,19+1,20+1,21+1,22+1. The van der Waals surface area contributed by atoms with E-state index in [1.165, 1.54) is 6.92 Å². The van der Waals surface area contributed by atoms with Crippen molar-refractivity contribution < 1.29 is 38.7 Å². The third-order valence-corrected chi connectivity index (χ3v) is 7.74. The summed E-state index contributed by atoms with van der Waals surface area (Å²) in [6.07, 6.45) is -1.50. The molecule has 4 aliphatic rings.